The molecule has 0 unspecified atom stereocenters. The fourth-order valence-corrected chi connectivity index (χ4v) is 5.26. The molecule has 0 aliphatic carbocycles. The molecule has 3 aromatic rings. The highest BCUT2D eigenvalue weighted by atomic mass is 32.2. The zero-order valence-electron chi connectivity index (χ0n) is 17.1. The first-order valence-corrected chi connectivity index (χ1v) is 13.3. The summed E-state index contributed by atoms with van der Waals surface area (Å²) >= 11 is 3.20. The molecule has 3 rings (SSSR count). The fraction of sp³-hybridized carbons (Fsp3) is 0.333. The van der Waals surface area contributed by atoms with Gasteiger partial charge < -0.3 is 9.30 Å². The van der Waals surface area contributed by atoms with Crippen LogP contribution in [-0.2, 0) is 27.6 Å². The van der Waals surface area contributed by atoms with Crippen LogP contribution in [0.25, 0.3) is 10.2 Å². The van der Waals surface area contributed by atoms with E-state index in [-0.39, 0.29) is 23.0 Å². The molecule has 0 spiro atoms. The molecule has 9 heteroatoms. The van der Waals surface area contributed by atoms with Gasteiger partial charge in [-0.1, -0.05) is 30.4 Å². The minimum Gasteiger partial charge on any atom is -0.497 e. The lowest BCUT2D eigenvalue weighted by Gasteiger charge is -2.05. The number of rotatable bonds is 8. The van der Waals surface area contributed by atoms with Crippen molar-refractivity contribution >= 4 is 49.1 Å². The van der Waals surface area contributed by atoms with Gasteiger partial charge in [0.15, 0.2) is 14.6 Å². The van der Waals surface area contributed by atoms with E-state index in [1.807, 2.05) is 29.0 Å². The van der Waals surface area contributed by atoms with Crippen LogP contribution in [0.5, 0.6) is 5.75 Å². The lowest BCUT2D eigenvalue weighted by Crippen LogP contribution is -2.18. The number of hydrogen-bond donors (Lipinski definition) is 0. The topological polar surface area (TPSA) is 77.7 Å². The van der Waals surface area contributed by atoms with Gasteiger partial charge in [-0.2, -0.15) is 16.8 Å². The number of carbonyl (C=O) groups excluding carboxylic acids is 1. The molecule has 6 nitrogen and oxygen atoms in total. The molecule has 30 heavy (non-hydrogen) atoms. The van der Waals surface area contributed by atoms with Crippen LogP contribution in [0.15, 0.2) is 52.4 Å². The van der Waals surface area contributed by atoms with Crippen LogP contribution < -0.4 is 9.54 Å². The standard InChI is InChI=1S/C21H24N2O4S3/c1-4-30(25,26)17-8-5-15(6-9-17)13-20(24)22-21-23(11-12-28-3)18-14-16(27-2)7-10-19(18)29-21/h5-10,14H,4,11-13H2,1-3H3. The van der Waals surface area contributed by atoms with Crippen LogP contribution in [0.1, 0.15) is 12.5 Å². The summed E-state index contributed by atoms with van der Waals surface area (Å²) < 4.78 is 32.3. The van der Waals surface area contributed by atoms with Gasteiger partial charge in [0.1, 0.15) is 5.75 Å². The van der Waals surface area contributed by atoms with E-state index in [0.717, 1.165) is 33.8 Å². The van der Waals surface area contributed by atoms with Gasteiger partial charge in [0, 0.05) is 18.4 Å². The van der Waals surface area contributed by atoms with Gasteiger partial charge in [-0.05, 0) is 36.1 Å². The average molecular weight is 465 g/mol. The van der Waals surface area contributed by atoms with Crippen molar-refractivity contribution in [1.29, 1.82) is 0 Å². The quantitative estimate of drug-likeness (QED) is 0.510. The number of nitrogens with zero attached hydrogens (tertiary/aromatic N) is 2. The summed E-state index contributed by atoms with van der Waals surface area (Å²) in [4.78, 5) is 17.9. The number of carbonyl (C=O) groups is 1. The van der Waals surface area contributed by atoms with Crippen molar-refractivity contribution in [2.75, 3.05) is 24.9 Å². The molecule has 0 N–H and O–H groups in total. The van der Waals surface area contributed by atoms with E-state index in [1.165, 1.54) is 11.3 Å². The Morgan fingerprint density at radius 3 is 2.57 bits per heavy atom. The summed E-state index contributed by atoms with van der Waals surface area (Å²) in [5.74, 6) is 1.45. The van der Waals surface area contributed by atoms with Gasteiger partial charge in [0.2, 0.25) is 0 Å². The lowest BCUT2D eigenvalue weighted by molar-refractivity contribution is -0.117. The number of benzene rings is 2. The Kier molecular flexibility index (Phi) is 7.38. The average Bonchev–Trinajstić information content (AvgIpc) is 3.08. The zero-order chi connectivity index (χ0) is 21.7. The minimum absolute atomic E-state index is 0.0490. The van der Waals surface area contributed by atoms with Gasteiger partial charge in [0.05, 0.1) is 34.4 Å². The lowest BCUT2D eigenvalue weighted by atomic mass is 10.1. The van der Waals surface area contributed by atoms with Gasteiger partial charge in [-0.15, -0.1) is 0 Å². The van der Waals surface area contributed by atoms with Crippen LogP contribution in [0.4, 0.5) is 0 Å². The van der Waals surface area contributed by atoms with Gasteiger partial charge in [-0.3, -0.25) is 4.79 Å². The molecule has 160 valence electrons. The maximum absolute atomic E-state index is 12.6. The van der Waals surface area contributed by atoms with Crippen LogP contribution in [0.2, 0.25) is 0 Å². The Hall–Kier alpha value is -2.10. The van der Waals surface area contributed by atoms with Crippen molar-refractivity contribution in [2.45, 2.75) is 24.8 Å². The van der Waals surface area contributed by atoms with Gasteiger partial charge in [-0.25, -0.2) is 8.42 Å². The van der Waals surface area contributed by atoms with Crippen molar-refractivity contribution in [2.24, 2.45) is 4.99 Å². The van der Waals surface area contributed by atoms with E-state index in [9.17, 15) is 13.2 Å². The maximum atomic E-state index is 12.6. The van der Waals surface area contributed by atoms with Crippen LogP contribution in [0, 0.1) is 0 Å². The van der Waals surface area contributed by atoms with Crippen LogP contribution in [0.3, 0.4) is 0 Å². The summed E-state index contributed by atoms with van der Waals surface area (Å²) in [6.45, 7) is 2.35. The fourth-order valence-electron chi connectivity index (χ4n) is 2.96. The summed E-state index contributed by atoms with van der Waals surface area (Å²) in [7, 11) is -1.62. The Bertz CT molecular complexity index is 1210. The van der Waals surface area contributed by atoms with Crippen molar-refractivity contribution in [1.82, 2.24) is 4.57 Å². The third-order valence-corrected chi connectivity index (χ3v) is 8.05. The second kappa shape index (κ2) is 9.80. The molecule has 0 radical (unpaired) electrons. The highest BCUT2D eigenvalue weighted by Crippen LogP contribution is 2.23. The number of aryl methyl sites for hydroxylation is 1. The highest BCUT2D eigenvalue weighted by molar-refractivity contribution is 7.98. The first-order valence-electron chi connectivity index (χ1n) is 9.43. The molecule has 0 saturated heterocycles. The Morgan fingerprint density at radius 2 is 1.93 bits per heavy atom. The molecule has 0 saturated carbocycles. The number of thioether (sulfide) groups is 1. The van der Waals surface area contributed by atoms with Crippen molar-refractivity contribution in [3.8, 4) is 5.75 Å². The Labute approximate surface area is 184 Å². The largest absolute Gasteiger partial charge is 0.497 e. The molecular weight excluding hydrogens is 440 g/mol. The number of hydrogen-bond acceptors (Lipinski definition) is 6. The SMILES string of the molecule is CCS(=O)(=O)c1ccc(CC(=O)N=c2sc3ccc(OC)cc3n2CCSC)cc1. The van der Waals surface area contributed by atoms with E-state index >= 15 is 0 Å². The second-order valence-electron chi connectivity index (χ2n) is 6.59. The highest BCUT2D eigenvalue weighted by Gasteiger charge is 2.12. The molecule has 2 aromatic carbocycles. The number of sulfone groups is 1. The van der Waals surface area contributed by atoms with E-state index in [0.29, 0.717) is 4.80 Å². The Balaban J connectivity index is 1.90. The number of aromatic nitrogens is 1. The summed E-state index contributed by atoms with van der Waals surface area (Å²) in [6, 6.07) is 12.3. The van der Waals surface area contributed by atoms with Crippen molar-refractivity contribution in [3.63, 3.8) is 0 Å². The van der Waals surface area contributed by atoms with Crippen LogP contribution in [-0.4, -0.2) is 43.8 Å². The minimum atomic E-state index is -3.25. The molecule has 1 heterocycles. The van der Waals surface area contributed by atoms with Gasteiger partial charge >= 0.3 is 0 Å². The summed E-state index contributed by atoms with van der Waals surface area (Å²) in [6.07, 6.45) is 2.16. The Morgan fingerprint density at radius 1 is 1.20 bits per heavy atom. The smallest absolute Gasteiger partial charge is 0.252 e. The summed E-state index contributed by atoms with van der Waals surface area (Å²) in [5, 5.41) is 0. The molecule has 0 fully saturated rings. The third kappa shape index (κ3) is 5.14. The van der Waals surface area contributed by atoms with E-state index in [2.05, 4.69) is 4.99 Å². The molecule has 1 amide bonds. The first-order chi connectivity index (χ1) is 14.4. The van der Waals surface area contributed by atoms with Crippen molar-refractivity contribution in [3.05, 3.63) is 52.8 Å². The maximum Gasteiger partial charge on any atom is 0.252 e. The molecule has 0 atom stereocenters. The molecule has 0 aliphatic heterocycles. The van der Waals surface area contributed by atoms with E-state index in [4.69, 9.17) is 4.74 Å². The van der Waals surface area contributed by atoms with E-state index in [1.54, 1.807) is 50.1 Å². The molecule has 0 aliphatic rings. The summed E-state index contributed by atoms with van der Waals surface area (Å²) in [5.41, 5.74) is 1.73. The molecule has 1 aromatic heterocycles. The molecule has 0 bridgehead atoms. The predicted octanol–water partition coefficient (Wildman–Crippen LogP) is 3.54. The zero-order valence-corrected chi connectivity index (χ0v) is 19.6. The number of amides is 1. The van der Waals surface area contributed by atoms with E-state index < -0.39 is 9.84 Å². The second-order valence-corrected chi connectivity index (χ2v) is 10.9. The monoisotopic (exact) mass is 464 g/mol. The first kappa shape index (κ1) is 22.6. The predicted molar refractivity (Wildman–Crippen MR) is 123 cm³/mol. The number of ether oxygens (including phenoxy) is 1. The van der Waals surface area contributed by atoms with Gasteiger partial charge in [0.25, 0.3) is 5.91 Å². The third-order valence-electron chi connectivity index (χ3n) is 4.65. The number of methoxy groups -OCH3 is 1. The van der Waals surface area contributed by atoms with Crippen molar-refractivity contribution < 1.29 is 17.9 Å². The molecular formula is C21H24N2O4S3. The normalized spacial score (nSPS) is 12.4. The van der Waals surface area contributed by atoms with Crippen LogP contribution >= 0.6 is 23.1 Å². The number of fused-ring (bicyclic) bond motifs is 1. The number of thiazole rings is 1.